The molecule has 2 atom stereocenters. The van der Waals surface area contributed by atoms with Crippen molar-refractivity contribution in [2.75, 3.05) is 11.9 Å². The number of aliphatic carboxylic acids is 1. The van der Waals surface area contributed by atoms with E-state index in [1.54, 1.807) is 11.8 Å². The summed E-state index contributed by atoms with van der Waals surface area (Å²) in [5.41, 5.74) is -1.67. The number of nitrogens with one attached hydrogen (secondary N) is 1. The van der Waals surface area contributed by atoms with Crippen molar-refractivity contribution < 1.29 is 27.9 Å². The van der Waals surface area contributed by atoms with Crippen LogP contribution in [0.1, 0.15) is 51.7 Å². The van der Waals surface area contributed by atoms with Gasteiger partial charge >= 0.3 is 17.5 Å². The van der Waals surface area contributed by atoms with Gasteiger partial charge in [0.05, 0.1) is 0 Å². The van der Waals surface area contributed by atoms with Crippen molar-refractivity contribution in [3.05, 3.63) is 53.6 Å². The van der Waals surface area contributed by atoms with Crippen LogP contribution in [0.15, 0.2) is 52.3 Å². The first kappa shape index (κ1) is 29.9. The number of hydrogen-bond donors (Lipinski definition) is 2. The summed E-state index contributed by atoms with van der Waals surface area (Å²) in [6, 6.07) is 11.2. The molecule has 2 amide bonds. The smallest absolute Gasteiger partial charge is 0.446 e. The van der Waals surface area contributed by atoms with Crippen LogP contribution in [0.3, 0.4) is 0 Å². The predicted molar refractivity (Wildman–Crippen MR) is 141 cm³/mol. The number of halogens is 3. The maximum Gasteiger partial charge on any atom is 0.446 e. The van der Waals surface area contributed by atoms with Crippen LogP contribution in [0, 0.1) is 0 Å². The van der Waals surface area contributed by atoms with Gasteiger partial charge in [-0.05, 0) is 85.5 Å². The Morgan fingerprint density at radius 2 is 1.69 bits per heavy atom. The first-order valence-corrected chi connectivity index (χ1v) is 13.7. The van der Waals surface area contributed by atoms with E-state index in [-0.39, 0.29) is 28.7 Å². The Bertz CT molecular complexity index is 1020. The van der Waals surface area contributed by atoms with Crippen molar-refractivity contribution in [1.82, 2.24) is 4.90 Å². The van der Waals surface area contributed by atoms with Crippen molar-refractivity contribution in [3.63, 3.8) is 0 Å². The number of urea groups is 1. The zero-order chi connectivity index (χ0) is 26.9. The molecule has 1 aliphatic carbocycles. The summed E-state index contributed by atoms with van der Waals surface area (Å²) in [5, 5.41) is 11.4. The van der Waals surface area contributed by atoms with E-state index in [2.05, 4.69) is 5.32 Å². The second kappa shape index (κ2) is 13.8. The predicted octanol–water partition coefficient (Wildman–Crippen LogP) is 7.69. The van der Waals surface area contributed by atoms with E-state index in [0.717, 1.165) is 28.9 Å². The summed E-state index contributed by atoms with van der Waals surface area (Å²) < 4.78 is 37.6. The number of alkyl halides is 3. The van der Waals surface area contributed by atoms with Gasteiger partial charge in [0.25, 0.3) is 0 Å². The van der Waals surface area contributed by atoms with Gasteiger partial charge in [0.2, 0.25) is 0 Å². The molecule has 0 fully saturated rings. The SMILES string of the molecule is CC.CCCCN(C(=O)Nc1ccc(SC(F)(F)F)cc1)C1Cc2ccc(SC(C)C(=O)O)cc2C1. The lowest BCUT2D eigenvalue weighted by molar-refractivity contribution is -0.136. The number of rotatable bonds is 9. The first-order valence-electron chi connectivity index (χ1n) is 12.0. The highest BCUT2D eigenvalue weighted by molar-refractivity contribution is 8.00. The molecule has 0 bridgehead atoms. The summed E-state index contributed by atoms with van der Waals surface area (Å²) in [4.78, 5) is 27.0. The molecule has 0 heterocycles. The number of carbonyl (C=O) groups excluding carboxylic acids is 1. The number of unbranched alkanes of at least 4 members (excludes halogenated alkanes) is 1. The summed E-state index contributed by atoms with van der Waals surface area (Å²) in [5.74, 6) is -0.865. The zero-order valence-corrected chi connectivity index (χ0v) is 22.5. The van der Waals surface area contributed by atoms with Crippen LogP contribution in [0.2, 0.25) is 0 Å². The minimum absolute atomic E-state index is 0.0428. The average Bonchev–Trinajstić information content (AvgIpc) is 3.24. The second-order valence-electron chi connectivity index (χ2n) is 8.14. The van der Waals surface area contributed by atoms with Gasteiger partial charge in [-0.2, -0.15) is 13.2 Å². The minimum atomic E-state index is -4.36. The zero-order valence-electron chi connectivity index (χ0n) is 20.9. The number of carboxylic acids is 1. The molecule has 5 nitrogen and oxygen atoms in total. The standard InChI is InChI=1S/C24H27F3N2O3S2.C2H6/c1-3-4-11-29(23(32)28-18-6-9-20(10-7-18)34-24(25,26)27)19-12-16-5-8-21(14-17(16)13-19)33-15(2)22(30)31;1-2/h5-10,14-15,19H,3-4,11-13H2,1-2H3,(H,28,32)(H,30,31);1-2H3. The average molecular weight is 543 g/mol. The van der Waals surface area contributed by atoms with Gasteiger partial charge in [0.15, 0.2) is 0 Å². The van der Waals surface area contributed by atoms with Gasteiger partial charge in [-0.3, -0.25) is 4.79 Å². The quantitative estimate of drug-likeness (QED) is 0.318. The number of thioether (sulfide) groups is 2. The number of amides is 2. The van der Waals surface area contributed by atoms with Crippen LogP contribution < -0.4 is 5.32 Å². The highest BCUT2D eigenvalue weighted by Gasteiger charge is 2.31. The van der Waals surface area contributed by atoms with Crippen molar-refractivity contribution in [1.29, 1.82) is 0 Å². The highest BCUT2D eigenvalue weighted by atomic mass is 32.2. The molecule has 2 unspecified atom stereocenters. The fraction of sp³-hybridized carbons (Fsp3) is 0.462. The molecule has 0 spiro atoms. The van der Waals surface area contributed by atoms with E-state index in [1.807, 2.05) is 39.0 Å². The molecule has 198 valence electrons. The van der Waals surface area contributed by atoms with Gasteiger partial charge in [-0.1, -0.05) is 33.3 Å². The van der Waals surface area contributed by atoms with Gasteiger partial charge in [-0.25, -0.2) is 4.79 Å². The molecule has 2 aromatic rings. The molecule has 10 heteroatoms. The van der Waals surface area contributed by atoms with E-state index >= 15 is 0 Å². The number of carbonyl (C=O) groups is 2. The molecule has 1 aliphatic rings. The Morgan fingerprint density at radius 3 is 2.28 bits per heavy atom. The van der Waals surface area contributed by atoms with E-state index in [0.29, 0.717) is 25.1 Å². The summed E-state index contributed by atoms with van der Waals surface area (Å²) in [7, 11) is 0. The van der Waals surface area contributed by atoms with Crippen LogP contribution >= 0.6 is 23.5 Å². The van der Waals surface area contributed by atoms with Crippen LogP contribution in [0.5, 0.6) is 0 Å². The summed E-state index contributed by atoms with van der Waals surface area (Å²) >= 11 is 1.10. The Kier molecular flexibility index (Phi) is 11.5. The molecular formula is C26H33F3N2O3S2. The van der Waals surface area contributed by atoms with Crippen molar-refractivity contribution in [2.24, 2.45) is 0 Å². The molecule has 0 radical (unpaired) electrons. The lowest BCUT2D eigenvalue weighted by Crippen LogP contribution is -2.44. The number of carboxylic acid groups (broad SMARTS) is 1. The molecule has 2 N–H and O–H groups in total. The number of benzene rings is 2. The van der Waals surface area contributed by atoms with Crippen molar-refractivity contribution in [2.45, 2.75) is 80.0 Å². The number of nitrogens with zero attached hydrogens (tertiary/aromatic N) is 1. The second-order valence-corrected chi connectivity index (χ2v) is 10.7. The van der Waals surface area contributed by atoms with Crippen LogP contribution in [-0.4, -0.2) is 45.4 Å². The van der Waals surface area contributed by atoms with Crippen LogP contribution in [-0.2, 0) is 17.6 Å². The third kappa shape index (κ3) is 8.96. The largest absolute Gasteiger partial charge is 0.480 e. The lowest BCUT2D eigenvalue weighted by Gasteiger charge is -2.29. The minimum Gasteiger partial charge on any atom is -0.480 e. The number of anilines is 1. The Hall–Kier alpha value is -2.33. The van der Waals surface area contributed by atoms with E-state index in [4.69, 9.17) is 5.11 Å². The van der Waals surface area contributed by atoms with Crippen LogP contribution in [0.25, 0.3) is 0 Å². The number of fused-ring (bicyclic) bond motifs is 1. The van der Waals surface area contributed by atoms with Crippen molar-refractivity contribution >= 4 is 41.2 Å². The molecule has 2 aromatic carbocycles. The van der Waals surface area contributed by atoms with E-state index < -0.39 is 16.7 Å². The molecule has 0 saturated heterocycles. The summed E-state index contributed by atoms with van der Waals surface area (Å²) in [6.45, 7) is 8.26. The molecule has 0 saturated carbocycles. The Labute approximate surface area is 219 Å². The van der Waals surface area contributed by atoms with Crippen molar-refractivity contribution in [3.8, 4) is 0 Å². The van der Waals surface area contributed by atoms with Crippen LogP contribution in [0.4, 0.5) is 23.7 Å². The topological polar surface area (TPSA) is 69.6 Å². The Balaban J connectivity index is 0.00000222. The fourth-order valence-electron chi connectivity index (χ4n) is 3.83. The third-order valence-electron chi connectivity index (χ3n) is 5.54. The van der Waals surface area contributed by atoms with Gasteiger partial charge in [0, 0.05) is 28.1 Å². The highest BCUT2D eigenvalue weighted by Crippen LogP contribution is 2.37. The first-order chi connectivity index (χ1) is 17.1. The molecule has 3 rings (SSSR count). The molecule has 0 aromatic heterocycles. The maximum atomic E-state index is 13.1. The van der Waals surface area contributed by atoms with Gasteiger partial charge in [0.1, 0.15) is 5.25 Å². The third-order valence-corrected chi connectivity index (χ3v) is 7.36. The van der Waals surface area contributed by atoms with Gasteiger partial charge < -0.3 is 15.3 Å². The monoisotopic (exact) mass is 542 g/mol. The molecular weight excluding hydrogens is 509 g/mol. The fourth-order valence-corrected chi connectivity index (χ4v) is 5.24. The van der Waals surface area contributed by atoms with E-state index in [1.165, 1.54) is 36.0 Å². The molecule has 0 aliphatic heterocycles. The lowest BCUT2D eigenvalue weighted by atomic mass is 10.1. The summed E-state index contributed by atoms with van der Waals surface area (Å²) in [6.07, 6.45) is 3.12. The van der Waals surface area contributed by atoms with Gasteiger partial charge in [-0.15, -0.1) is 11.8 Å². The Morgan fingerprint density at radius 1 is 1.08 bits per heavy atom. The number of hydrogen-bond acceptors (Lipinski definition) is 4. The maximum absolute atomic E-state index is 13.1. The molecule has 36 heavy (non-hydrogen) atoms. The normalized spacial score (nSPS) is 15.4. The van der Waals surface area contributed by atoms with E-state index in [9.17, 15) is 22.8 Å².